The van der Waals surface area contributed by atoms with Crippen LogP contribution < -0.4 is 16.6 Å². The van der Waals surface area contributed by atoms with E-state index in [2.05, 4.69) is 34.6 Å². The van der Waals surface area contributed by atoms with Gasteiger partial charge in [-0.3, -0.25) is 0 Å². The van der Waals surface area contributed by atoms with E-state index in [0.717, 1.165) is 17.2 Å². The zero-order chi connectivity index (χ0) is 12.4. The maximum Gasteiger partial charge on any atom is 0.148 e. The summed E-state index contributed by atoms with van der Waals surface area (Å²) in [6.45, 7) is 6.15. The molecule has 1 aliphatic carbocycles. The van der Waals surface area contributed by atoms with Gasteiger partial charge < -0.3 is 10.7 Å². The van der Waals surface area contributed by atoms with Crippen molar-refractivity contribution in [2.24, 2.45) is 5.84 Å². The van der Waals surface area contributed by atoms with Crippen molar-refractivity contribution in [3.05, 3.63) is 11.4 Å². The maximum atomic E-state index is 5.50. The van der Waals surface area contributed by atoms with Crippen molar-refractivity contribution in [1.82, 2.24) is 9.97 Å². The molecule has 1 aliphatic rings. The highest BCUT2D eigenvalue weighted by atomic mass is 15.3. The van der Waals surface area contributed by atoms with Crippen LogP contribution in [0.25, 0.3) is 0 Å². The monoisotopic (exact) mass is 235 g/mol. The molecule has 0 amide bonds. The fraction of sp³-hybridized carbons (Fsp3) is 0.667. The van der Waals surface area contributed by atoms with Crippen LogP contribution in [0.4, 0.5) is 11.6 Å². The van der Waals surface area contributed by atoms with E-state index in [1.54, 1.807) is 0 Å². The molecule has 4 N–H and O–H groups in total. The number of rotatable bonds is 4. The smallest absolute Gasteiger partial charge is 0.148 e. The molecule has 0 atom stereocenters. The topological polar surface area (TPSA) is 75.9 Å². The minimum atomic E-state index is 0.296. The third kappa shape index (κ3) is 2.49. The number of hydrogen-bond donors (Lipinski definition) is 3. The molecule has 1 saturated carbocycles. The molecule has 0 saturated heterocycles. The Morgan fingerprint density at radius 2 is 1.88 bits per heavy atom. The third-order valence-corrected chi connectivity index (χ3v) is 3.26. The largest absolute Gasteiger partial charge is 0.367 e. The van der Waals surface area contributed by atoms with Crippen molar-refractivity contribution < 1.29 is 0 Å². The van der Waals surface area contributed by atoms with Crippen molar-refractivity contribution in [2.75, 3.05) is 10.7 Å². The van der Waals surface area contributed by atoms with Crippen molar-refractivity contribution >= 4 is 11.6 Å². The molecular formula is C12H21N5. The molecule has 17 heavy (non-hydrogen) atoms. The summed E-state index contributed by atoms with van der Waals surface area (Å²) in [5, 5.41) is 3.47. The summed E-state index contributed by atoms with van der Waals surface area (Å²) in [6.07, 6.45) is 3.76. The first-order valence-electron chi connectivity index (χ1n) is 6.23. The summed E-state index contributed by atoms with van der Waals surface area (Å²) < 4.78 is 0. The molecule has 0 spiro atoms. The van der Waals surface area contributed by atoms with Gasteiger partial charge in [0, 0.05) is 17.5 Å². The lowest BCUT2D eigenvalue weighted by atomic mass is 9.93. The Balaban J connectivity index is 2.30. The van der Waals surface area contributed by atoms with E-state index in [9.17, 15) is 0 Å². The molecule has 1 fully saturated rings. The van der Waals surface area contributed by atoms with E-state index in [1.165, 1.54) is 19.3 Å². The Labute approximate surface area is 102 Å². The van der Waals surface area contributed by atoms with E-state index in [0.29, 0.717) is 17.8 Å². The first-order chi connectivity index (χ1) is 8.11. The van der Waals surface area contributed by atoms with Crippen molar-refractivity contribution in [1.29, 1.82) is 0 Å². The summed E-state index contributed by atoms with van der Waals surface area (Å²) in [5.41, 5.74) is 3.64. The second-order valence-corrected chi connectivity index (χ2v) is 4.98. The van der Waals surface area contributed by atoms with E-state index in [4.69, 9.17) is 5.84 Å². The summed E-state index contributed by atoms with van der Waals surface area (Å²) in [5.74, 6) is 8.25. The van der Waals surface area contributed by atoms with Gasteiger partial charge in [0.2, 0.25) is 0 Å². The van der Waals surface area contributed by atoms with Gasteiger partial charge in [-0.15, -0.1) is 0 Å². The number of nitrogens with two attached hydrogens (primary N) is 1. The van der Waals surface area contributed by atoms with Gasteiger partial charge >= 0.3 is 0 Å². The van der Waals surface area contributed by atoms with Crippen molar-refractivity contribution in [3.63, 3.8) is 0 Å². The van der Waals surface area contributed by atoms with Crippen LogP contribution in [-0.4, -0.2) is 16.0 Å². The average Bonchev–Trinajstić information content (AvgIpc) is 2.24. The zero-order valence-corrected chi connectivity index (χ0v) is 10.7. The molecule has 5 nitrogen and oxygen atoms in total. The number of nitrogens with one attached hydrogen (secondary N) is 2. The summed E-state index contributed by atoms with van der Waals surface area (Å²) in [4.78, 5) is 9.00. The highest BCUT2D eigenvalue weighted by Gasteiger charge is 2.20. The zero-order valence-electron chi connectivity index (χ0n) is 10.7. The first-order valence-corrected chi connectivity index (χ1v) is 6.23. The average molecular weight is 235 g/mol. The summed E-state index contributed by atoms with van der Waals surface area (Å²) in [7, 11) is 0. The lowest BCUT2D eigenvalue weighted by Gasteiger charge is -2.28. The van der Waals surface area contributed by atoms with E-state index in [-0.39, 0.29) is 0 Å². The minimum Gasteiger partial charge on any atom is -0.367 e. The molecule has 0 unspecified atom stereocenters. The van der Waals surface area contributed by atoms with Crippen LogP contribution in [-0.2, 0) is 0 Å². The number of nitrogens with zero attached hydrogens (tertiary/aromatic N) is 2. The van der Waals surface area contributed by atoms with Crippen LogP contribution in [0, 0.1) is 6.92 Å². The van der Waals surface area contributed by atoms with Crippen molar-refractivity contribution in [2.45, 2.75) is 52.0 Å². The van der Waals surface area contributed by atoms with Crippen LogP contribution >= 0.6 is 0 Å². The number of hydrogen-bond acceptors (Lipinski definition) is 5. The van der Waals surface area contributed by atoms with Gasteiger partial charge in [0.1, 0.15) is 17.5 Å². The molecular weight excluding hydrogens is 214 g/mol. The Morgan fingerprint density at radius 3 is 2.35 bits per heavy atom. The molecule has 5 heteroatoms. The molecule has 1 heterocycles. The molecule has 1 aromatic rings. The molecule has 0 radical (unpaired) electrons. The Kier molecular flexibility index (Phi) is 3.47. The number of hydrazine groups is 1. The van der Waals surface area contributed by atoms with Crippen LogP contribution in [0.1, 0.15) is 50.4 Å². The van der Waals surface area contributed by atoms with Crippen LogP contribution in [0.5, 0.6) is 0 Å². The normalized spacial score (nSPS) is 15.8. The predicted molar refractivity (Wildman–Crippen MR) is 69.9 cm³/mol. The predicted octanol–water partition coefficient (Wildman–Crippen LogP) is 2.16. The SMILES string of the molecule is Cc1c(NN)nc(C(C)C)nc1NC1CCC1. The first kappa shape index (κ1) is 12.1. The Morgan fingerprint density at radius 1 is 1.24 bits per heavy atom. The number of anilines is 2. The highest BCUT2D eigenvalue weighted by Crippen LogP contribution is 2.27. The molecule has 0 bridgehead atoms. The Bertz CT molecular complexity index is 398. The fourth-order valence-corrected chi connectivity index (χ4v) is 1.82. The van der Waals surface area contributed by atoms with Gasteiger partial charge in [0.25, 0.3) is 0 Å². The number of nitrogen functional groups attached to an aromatic ring is 1. The summed E-state index contributed by atoms with van der Waals surface area (Å²) >= 11 is 0. The maximum absolute atomic E-state index is 5.50. The second-order valence-electron chi connectivity index (χ2n) is 4.98. The third-order valence-electron chi connectivity index (χ3n) is 3.26. The second kappa shape index (κ2) is 4.87. The van der Waals surface area contributed by atoms with E-state index < -0.39 is 0 Å². The van der Waals surface area contributed by atoms with E-state index >= 15 is 0 Å². The fourth-order valence-electron chi connectivity index (χ4n) is 1.82. The van der Waals surface area contributed by atoms with Crippen molar-refractivity contribution in [3.8, 4) is 0 Å². The van der Waals surface area contributed by atoms with E-state index in [1.807, 2.05) is 6.92 Å². The van der Waals surface area contributed by atoms with Gasteiger partial charge in [-0.1, -0.05) is 13.8 Å². The molecule has 2 rings (SSSR count). The lowest BCUT2D eigenvalue weighted by Crippen LogP contribution is -2.28. The lowest BCUT2D eigenvalue weighted by molar-refractivity contribution is 0.444. The van der Waals surface area contributed by atoms with Gasteiger partial charge in [-0.25, -0.2) is 15.8 Å². The molecule has 1 aromatic heterocycles. The highest BCUT2D eigenvalue weighted by molar-refractivity contribution is 5.57. The van der Waals surface area contributed by atoms with Gasteiger partial charge in [-0.05, 0) is 26.2 Å². The molecule has 94 valence electrons. The molecule has 0 aromatic carbocycles. The summed E-state index contributed by atoms with van der Waals surface area (Å²) in [6, 6.07) is 0.564. The number of aromatic nitrogens is 2. The Hall–Kier alpha value is -1.36. The van der Waals surface area contributed by atoms with Crippen LogP contribution in [0.15, 0.2) is 0 Å². The quantitative estimate of drug-likeness (QED) is 0.551. The standard InChI is InChI=1S/C12H21N5/c1-7(2)10-15-11(14-9-5-4-6-9)8(3)12(16-10)17-13/h7,9H,4-6,13H2,1-3H3,(H2,14,15,16,17). The van der Waals surface area contributed by atoms with Gasteiger partial charge in [-0.2, -0.15) is 0 Å². The van der Waals surface area contributed by atoms with Crippen LogP contribution in [0.2, 0.25) is 0 Å². The van der Waals surface area contributed by atoms with Crippen LogP contribution in [0.3, 0.4) is 0 Å². The molecule has 0 aliphatic heterocycles. The van der Waals surface area contributed by atoms with Gasteiger partial charge in [0.15, 0.2) is 0 Å². The van der Waals surface area contributed by atoms with Gasteiger partial charge in [0.05, 0.1) is 0 Å². The minimum absolute atomic E-state index is 0.296.